The van der Waals surface area contributed by atoms with Crippen molar-refractivity contribution in [1.29, 1.82) is 0 Å². The van der Waals surface area contributed by atoms with Gasteiger partial charge in [0.1, 0.15) is 11.8 Å². The van der Waals surface area contributed by atoms with Gasteiger partial charge in [0, 0.05) is 42.5 Å². The normalized spacial score (nSPS) is 24.7. The maximum Gasteiger partial charge on any atom is 0.262 e. The van der Waals surface area contributed by atoms with Gasteiger partial charge in [-0.1, -0.05) is 80.1 Å². The predicted molar refractivity (Wildman–Crippen MR) is 214 cm³/mol. The Kier molecular flexibility index (Phi) is 9.55. The Morgan fingerprint density at radius 3 is 2.33 bits per heavy atom. The van der Waals surface area contributed by atoms with E-state index < -0.39 is 6.04 Å². The number of phenols is 1. The molecule has 3 amide bonds. The first-order valence-electron chi connectivity index (χ1n) is 20.3. The molecule has 5 atom stereocenters. The maximum absolute atomic E-state index is 13.4. The largest absolute Gasteiger partial charge is 0.508 e. The highest BCUT2D eigenvalue weighted by Crippen LogP contribution is 2.47. The molecule has 8 nitrogen and oxygen atoms in total. The second-order valence-electron chi connectivity index (χ2n) is 16.4. The number of carbonyl (C=O) groups excluding carboxylic acids is 3. The zero-order valence-corrected chi connectivity index (χ0v) is 31.5. The van der Waals surface area contributed by atoms with Crippen LogP contribution in [0.15, 0.2) is 103 Å². The van der Waals surface area contributed by atoms with E-state index in [-0.39, 0.29) is 23.6 Å². The molecule has 4 aromatic carbocycles. The van der Waals surface area contributed by atoms with Crippen molar-refractivity contribution in [2.24, 2.45) is 0 Å². The number of nitrogens with zero attached hydrogens (tertiary/aromatic N) is 3. The number of hydrogen-bond donors (Lipinski definition) is 2. The van der Waals surface area contributed by atoms with Gasteiger partial charge in [-0.05, 0) is 122 Å². The zero-order chi connectivity index (χ0) is 37.6. The number of carbonyl (C=O) groups is 3. The average molecular weight is 735 g/mol. The van der Waals surface area contributed by atoms with Crippen molar-refractivity contribution >= 4 is 23.4 Å². The fraction of sp³-hybridized carbons (Fsp3) is 0.383. The number of piperazine rings is 1. The molecule has 5 aliphatic rings. The number of phenolic OH excluding ortho intramolecular Hbond substituents is 1. The molecule has 2 N–H and O–H groups in total. The lowest BCUT2D eigenvalue weighted by Gasteiger charge is -2.35. The standard InChI is InChI=1S/C47H50N4O4/c1-30-12-23-43(45(53)48-30)51-46(54)41-21-18-35(27-42(41)47(51)55)50-29-36-26-37(50)28-49(36)24-8-3-2-5-9-31-13-15-33(16-14-31)44-39(32-10-6-4-7-11-32)20-17-34-25-38(52)19-22-40(34)44/h4,6-7,10-11,13-16,18-19,21-22,25,27,36-37,39,43-44,52H,1-3,5,8-9,12,17,20,23-24,26,28-29H2,(H,48,53)/t36-,37-,39+,43?,44-/m0/s1. The summed E-state index contributed by atoms with van der Waals surface area (Å²) in [5.74, 6) is -0.0423. The molecule has 9 rings (SSSR count). The van der Waals surface area contributed by atoms with Crippen molar-refractivity contribution in [2.75, 3.05) is 24.5 Å². The highest BCUT2D eigenvalue weighted by atomic mass is 16.3. The van der Waals surface area contributed by atoms with Crippen LogP contribution in [0.5, 0.6) is 5.75 Å². The Bertz CT molecular complexity index is 2130. The minimum atomic E-state index is -0.790. The van der Waals surface area contributed by atoms with Crippen LogP contribution in [0.2, 0.25) is 0 Å². The number of amides is 3. The van der Waals surface area contributed by atoms with Crippen molar-refractivity contribution in [3.8, 4) is 5.75 Å². The third kappa shape index (κ3) is 6.75. The van der Waals surface area contributed by atoms with Crippen LogP contribution in [0.1, 0.15) is 112 Å². The van der Waals surface area contributed by atoms with Crippen LogP contribution in [0.4, 0.5) is 5.69 Å². The molecule has 0 aromatic heterocycles. The minimum absolute atomic E-state index is 0.279. The van der Waals surface area contributed by atoms with Gasteiger partial charge in [0.2, 0.25) is 5.91 Å². The molecule has 4 aliphatic heterocycles. The fourth-order valence-electron chi connectivity index (χ4n) is 10.2. The lowest BCUT2D eigenvalue weighted by atomic mass is 9.69. The van der Waals surface area contributed by atoms with Crippen LogP contribution in [-0.4, -0.2) is 70.4 Å². The average Bonchev–Trinajstić information content (AvgIpc) is 3.87. The van der Waals surface area contributed by atoms with Crippen molar-refractivity contribution in [2.45, 2.75) is 94.2 Å². The summed E-state index contributed by atoms with van der Waals surface area (Å²) < 4.78 is 0. The van der Waals surface area contributed by atoms with Gasteiger partial charge in [0.15, 0.2) is 0 Å². The monoisotopic (exact) mass is 734 g/mol. The Labute approximate surface area is 323 Å². The number of aryl methyl sites for hydroxylation is 2. The number of nitrogens with one attached hydrogen (secondary N) is 1. The Hall–Kier alpha value is -5.21. The number of imide groups is 1. The Morgan fingerprint density at radius 2 is 1.55 bits per heavy atom. The molecular formula is C47H50N4O4. The van der Waals surface area contributed by atoms with Crippen molar-refractivity contribution < 1.29 is 19.5 Å². The Morgan fingerprint density at radius 1 is 0.745 bits per heavy atom. The lowest BCUT2D eigenvalue weighted by molar-refractivity contribution is -0.125. The minimum Gasteiger partial charge on any atom is -0.508 e. The number of fused-ring (bicyclic) bond motifs is 4. The summed E-state index contributed by atoms with van der Waals surface area (Å²) in [6, 6.07) is 31.9. The summed E-state index contributed by atoms with van der Waals surface area (Å²) in [5.41, 5.74) is 9.15. The van der Waals surface area contributed by atoms with Crippen LogP contribution in [0, 0.1) is 0 Å². The predicted octanol–water partition coefficient (Wildman–Crippen LogP) is 7.71. The summed E-state index contributed by atoms with van der Waals surface area (Å²) in [6.07, 6.45) is 10.1. The van der Waals surface area contributed by atoms with E-state index in [1.54, 1.807) is 6.07 Å². The van der Waals surface area contributed by atoms with Crippen LogP contribution < -0.4 is 10.2 Å². The summed E-state index contributed by atoms with van der Waals surface area (Å²) in [4.78, 5) is 45.5. The molecule has 0 saturated carbocycles. The molecule has 3 saturated heterocycles. The molecule has 4 heterocycles. The first-order chi connectivity index (χ1) is 26.8. The second kappa shape index (κ2) is 14.8. The third-order valence-corrected chi connectivity index (χ3v) is 13.0. The molecule has 2 bridgehead atoms. The number of rotatable bonds is 11. The molecule has 4 aromatic rings. The fourth-order valence-corrected chi connectivity index (χ4v) is 10.2. The molecule has 1 aliphatic carbocycles. The third-order valence-electron chi connectivity index (χ3n) is 13.0. The molecule has 3 fully saturated rings. The summed E-state index contributed by atoms with van der Waals surface area (Å²) >= 11 is 0. The topological polar surface area (TPSA) is 93.2 Å². The van der Waals surface area contributed by atoms with E-state index in [9.17, 15) is 19.5 Å². The van der Waals surface area contributed by atoms with Gasteiger partial charge < -0.3 is 15.3 Å². The molecule has 0 spiro atoms. The van der Waals surface area contributed by atoms with Gasteiger partial charge >= 0.3 is 0 Å². The SMILES string of the molecule is C=C1CCC(N2C(=O)c3ccc(N4C[C@@H]5C[C@H]4CN5CCCCCCc4ccc([C@@H]5c6ccc(O)cc6CC[C@@H]5c5ccccc5)cc4)cc3C2=O)C(=O)N1. The number of hydrogen-bond acceptors (Lipinski definition) is 6. The van der Waals surface area contributed by atoms with Crippen molar-refractivity contribution in [3.63, 3.8) is 0 Å². The molecule has 282 valence electrons. The second-order valence-corrected chi connectivity index (χ2v) is 16.4. The number of benzene rings is 4. The highest BCUT2D eigenvalue weighted by molar-refractivity contribution is 6.23. The van der Waals surface area contributed by atoms with Crippen LogP contribution in [0.25, 0.3) is 0 Å². The van der Waals surface area contributed by atoms with E-state index in [1.807, 2.05) is 24.3 Å². The van der Waals surface area contributed by atoms with E-state index in [2.05, 4.69) is 82.4 Å². The van der Waals surface area contributed by atoms with Gasteiger partial charge in [-0.15, -0.1) is 0 Å². The summed E-state index contributed by atoms with van der Waals surface area (Å²) in [7, 11) is 0. The van der Waals surface area contributed by atoms with E-state index in [4.69, 9.17) is 0 Å². The molecule has 0 radical (unpaired) electrons. The lowest BCUT2D eigenvalue weighted by Crippen LogP contribution is -2.51. The summed E-state index contributed by atoms with van der Waals surface area (Å²) in [6.45, 7) is 6.89. The molecule has 55 heavy (non-hydrogen) atoms. The van der Waals surface area contributed by atoms with E-state index in [1.165, 1.54) is 53.5 Å². The first-order valence-corrected chi connectivity index (χ1v) is 20.3. The number of unbranched alkanes of at least 4 members (excludes halogenated alkanes) is 3. The van der Waals surface area contributed by atoms with Crippen molar-refractivity contribution in [3.05, 3.63) is 142 Å². The van der Waals surface area contributed by atoms with Gasteiger partial charge in [-0.25, -0.2) is 0 Å². The van der Waals surface area contributed by atoms with E-state index in [0.29, 0.717) is 53.4 Å². The first kappa shape index (κ1) is 35.5. The van der Waals surface area contributed by atoms with Crippen LogP contribution in [-0.2, 0) is 17.6 Å². The molecule has 8 heteroatoms. The van der Waals surface area contributed by atoms with Crippen LogP contribution >= 0.6 is 0 Å². The van der Waals surface area contributed by atoms with Crippen molar-refractivity contribution in [1.82, 2.24) is 15.1 Å². The number of allylic oxidation sites excluding steroid dienone is 1. The van der Waals surface area contributed by atoms with E-state index >= 15 is 0 Å². The van der Waals surface area contributed by atoms with Gasteiger partial charge in [-0.3, -0.25) is 24.2 Å². The van der Waals surface area contributed by atoms with Crippen LogP contribution in [0.3, 0.4) is 0 Å². The number of anilines is 1. The van der Waals surface area contributed by atoms with Gasteiger partial charge in [0.05, 0.1) is 11.1 Å². The number of likely N-dealkylation sites (tertiary alicyclic amines) is 1. The van der Waals surface area contributed by atoms with Gasteiger partial charge in [0.25, 0.3) is 11.8 Å². The highest BCUT2D eigenvalue weighted by Gasteiger charge is 2.46. The smallest absolute Gasteiger partial charge is 0.262 e. The number of piperidine rings is 1. The summed E-state index contributed by atoms with van der Waals surface area (Å²) in [5, 5.41) is 12.9. The Balaban J connectivity index is 0.744. The molecule has 1 unspecified atom stereocenters. The molecular weight excluding hydrogens is 685 g/mol. The zero-order valence-electron chi connectivity index (χ0n) is 31.5. The quantitative estimate of drug-likeness (QED) is 0.121. The van der Waals surface area contributed by atoms with Gasteiger partial charge in [-0.2, -0.15) is 0 Å². The maximum atomic E-state index is 13.4. The number of aromatic hydroxyl groups is 1. The van der Waals surface area contributed by atoms with E-state index in [0.717, 1.165) is 55.9 Å².